The van der Waals surface area contributed by atoms with E-state index in [1.807, 2.05) is 0 Å². The van der Waals surface area contributed by atoms with Gasteiger partial charge in [0.05, 0.1) is 0 Å². The SMILES string of the molecule is COC1(C(=O)NCCc2ccccc2OC(F)(F)F)CCNCC1. The number of hydrogen-bond acceptors (Lipinski definition) is 4. The van der Waals surface area contributed by atoms with E-state index in [4.69, 9.17) is 4.74 Å². The van der Waals surface area contributed by atoms with Crippen molar-refractivity contribution in [3.63, 3.8) is 0 Å². The summed E-state index contributed by atoms with van der Waals surface area (Å²) in [5, 5.41) is 5.91. The Balaban J connectivity index is 1.93. The molecule has 0 bridgehead atoms. The molecule has 0 aliphatic carbocycles. The third kappa shape index (κ3) is 4.85. The maximum absolute atomic E-state index is 12.4. The summed E-state index contributed by atoms with van der Waals surface area (Å²) in [6, 6.07) is 5.90. The molecule has 1 saturated heterocycles. The Bertz CT molecular complexity index is 558. The minimum Gasteiger partial charge on any atom is -0.406 e. The fraction of sp³-hybridized carbons (Fsp3) is 0.562. The van der Waals surface area contributed by atoms with Gasteiger partial charge in [-0.3, -0.25) is 4.79 Å². The number of methoxy groups -OCH3 is 1. The van der Waals surface area contributed by atoms with Crippen LogP contribution in [0, 0.1) is 0 Å². The van der Waals surface area contributed by atoms with Crippen LogP contribution in [0.4, 0.5) is 13.2 Å². The normalized spacial score (nSPS) is 17.3. The van der Waals surface area contributed by atoms with Crippen molar-refractivity contribution in [3.05, 3.63) is 29.8 Å². The number of piperidine rings is 1. The summed E-state index contributed by atoms with van der Waals surface area (Å²) in [6.45, 7) is 1.57. The Morgan fingerprint density at radius 2 is 1.96 bits per heavy atom. The Labute approximate surface area is 138 Å². The van der Waals surface area contributed by atoms with Gasteiger partial charge >= 0.3 is 6.36 Å². The van der Waals surface area contributed by atoms with Crippen LogP contribution in [0.1, 0.15) is 18.4 Å². The number of benzene rings is 1. The molecule has 0 unspecified atom stereocenters. The van der Waals surface area contributed by atoms with Gasteiger partial charge in [0.15, 0.2) is 0 Å². The minimum absolute atomic E-state index is 0.204. The Morgan fingerprint density at radius 3 is 2.58 bits per heavy atom. The van der Waals surface area contributed by atoms with Crippen molar-refractivity contribution in [3.8, 4) is 5.75 Å². The zero-order chi connectivity index (χ0) is 17.6. The van der Waals surface area contributed by atoms with E-state index in [9.17, 15) is 18.0 Å². The summed E-state index contributed by atoms with van der Waals surface area (Å²) in [5.74, 6) is -0.483. The van der Waals surface area contributed by atoms with Crippen molar-refractivity contribution in [2.75, 3.05) is 26.7 Å². The highest BCUT2D eigenvalue weighted by Gasteiger charge is 2.39. The van der Waals surface area contributed by atoms with Crippen LogP contribution in [-0.2, 0) is 16.0 Å². The molecule has 1 aliphatic rings. The molecule has 1 aliphatic heterocycles. The molecule has 1 amide bonds. The molecule has 2 rings (SSSR count). The van der Waals surface area contributed by atoms with E-state index in [1.54, 1.807) is 12.1 Å². The number of alkyl halides is 3. The topological polar surface area (TPSA) is 59.6 Å². The van der Waals surface area contributed by atoms with Crippen LogP contribution in [-0.4, -0.2) is 44.6 Å². The highest BCUT2D eigenvalue weighted by molar-refractivity contribution is 5.85. The van der Waals surface area contributed by atoms with Gasteiger partial charge in [0.2, 0.25) is 0 Å². The molecule has 1 aromatic carbocycles. The Hall–Kier alpha value is -1.80. The number of halogens is 3. The summed E-state index contributed by atoms with van der Waals surface area (Å²) in [4.78, 5) is 12.4. The summed E-state index contributed by atoms with van der Waals surface area (Å²) in [5.41, 5.74) is -0.486. The zero-order valence-electron chi connectivity index (χ0n) is 13.4. The first-order chi connectivity index (χ1) is 11.4. The third-order valence-corrected chi connectivity index (χ3v) is 4.09. The number of rotatable bonds is 6. The molecule has 24 heavy (non-hydrogen) atoms. The molecule has 0 saturated carbocycles. The lowest BCUT2D eigenvalue weighted by atomic mass is 9.91. The van der Waals surface area contributed by atoms with Crippen LogP contribution in [0.2, 0.25) is 0 Å². The van der Waals surface area contributed by atoms with Crippen molar-refractivity contribution < 1.29 is 27.4 Å². The van der Waals surface area contributed by atoms with Gasteiger partial charge in [0.25, 0.3) is 5.91 Å². The third-order valence-electron chi connectivity index (χ3n) is 4.09. The van der Waals surface area contributed by atoms with Crippen molar-refractivity contribution in [2.45, 2.75) is 31.2 Å². The van der Waals surface area contributed by atoms with Crippen molar-refractivity contribution in [2.24, 2.45) is 0 Å². The maximum atomic E-state index is 12.4. The largest absolute Gasteiger partial charge is 0.573 e. The highest BCUT2D eigenvalue weighted by atomic mass is 19.4. The van der Waals surface area contributed by atoms with Crippen LogP contribution in [0.15, 0.2) is 24.3 Å². The summed E-state index contributed by atoms with van der Waals surface area (Å²) >= 11 is 0. The average molecular weight is 346 g/mol. The predicted molar refractivity (Wildman–Crippen MR) is 81.7 cm³/mol. The molecule has 8 heteroatoms. The number of para-hydroxylation sites is 1. The fourth-order valence-electron chi connectivity index (χ4n) is 2.76. The van der Waals surface area contributed by atoms with Gasteiger partial charge in [0, 0.05) is 13.7 Å². The molecule has 2 N–H and O–H groups in total. The molecule has 1 heterocycles. The van der Waals surface area contributed by atoms with Crippen LogP contribution >= 0.6 is 0 Å². The molecule has 0 atom stereocenters. The first-order valence-electron chi connectivity index (χ1n) is 7.74. The molecule has 134 valence electrons. The van der Waals surface area contributed by atoms with Crippen molar-refractivity contribution in [1.29, 1.82) is 0 Å². The molecule has 0 radical (unpaired) electrons. The average Bonchev–Trinajstić information content (AvgIpc) is 2.55. The Morgan fingerprint density at radius 1 is 1.29 bits per heavy atom. The van der Waals surface area contributed by atoms with E-state index in [-0.39, 0.29) is 24.6 Å². The molecule has 1 fully saturated rings. The molecule has 1 aromatic rings. The number of carbonyl (C=O) groups is 1. The van der Waals surface area contributed by atoms with Crippen LogP contribution < -0.4 is 15.4 Å². The van der Waals surface area contributed by atoms with E-state index in [0.717, 1.165) is 0 Å². The van der Waals surface area contributed by atoms with Crippen molar-refractivity contribution >= 4 is 5.91 Å². The second kappa shape index (κ2) is 7.85. The number of hydrogen-bond donors (Lipinski definition) is 2. The number of nitrogens with one attached hydrogen (secondary N) is 2. The molecular weight excluding hydrogens is 325 g/mol. The first-order valence-corrected chi connectivity index (χ1v) is 7.74. The summed E-state index contributed by atoms with van der Waals surface area (Å²) in [7, 11) is 1.50. The lowest BCUT2D eigenvalue weighted by Gasteiger charge is -2.34. The molecule has 0 aromatic heterocycles. The van der Waals surface area contributed by atoms with Gasteiger partial charge < -0.3 is 20.1 Å². The van der Waals surface area contributed by atoms with Crippen LogP contribution in [0.5, 0.6) is 5.75 Å². The molecule has 5 nitrogen and oxygen atoms in total. The van der Waals surface area contributed by atoms with E-state index >= 15 is 0 Å². The monoisotopic (exact) mass is 346 g/mol. The first kappa shape index (κ1) is 18.5. The van der Waals surface area contributed by atoms with Gasteiger partial charge in [-0.25, -0.2) is 0 Å². The van der Waals surface area contributed by atoms with Crippen LogP contribution in [0.25, 0.3) is 0 Å². The van der Waals surface area contributed by atoms with Gasteiger partial charge in [-0.2, -0.15) is 0 Å². The number of carbonyl (C=O) groups excluding carboxylic acids is 1. The van der Waals surface area contributed by atoms with Gasteiger partial charge in [0.1, 0.15) is 11.4 Å². The van der Waals surface area contributed by atoms with Crippen molar-refractivity contribution in [1.82, 2.24) is 10.6 Å². The summed E-state index contributed by atoms with van der Waals surface area (Å²) < 4.78 is 46.6. The zero-order valence-corrected chi connectivity index (χ0v) is 13.4. The highest BCUT2D eigenvalue weighted by Crippen LogP contribution is 2.26. The lowest BCUT2D eigenvalue weighted by Crippen LogP contribution is -2.54. The Kier molecular flexibility index (Phi) is 6.06. The van der Waals surface area contributed by atoms with E-state index in [0.29, 0.717) is 31.5 Å². The van der Waals surface area contributed by atoms with E-state index < -0.39 is 12.0 Å². The standard InChI is InChI=1S/C16H21F3N2O3/c1-23-15(7-10-20-11-8-15)14(22)21-9-6-12-4-2-3-5-13(12)24-16(17,18)19/h2-5,20H,6-11H2,1H3,(H,21,22). The van der Waals surface area contributed by atoms with Crippen LogP contribution in [0.3, 0.4) is 0 Å². The smallest absolute Gasteiger partial charge is 0.406 e. The second-order valence-corrected chi connectivity index (χ2v) is 5.61. The quantitative estimate of drug-likeness (QED) is 0.827. The minimum atomic E-state index is -4.74. The molecular formula is C16H21F3N2O3. The predicted octanol–water partition coefficient (Wildman–Crippen LogP) is 2.01. The fourth-order valence-corrected chi connectivity index (χ4v) is 2.76. The number of ether oxygens (including phenoxy) is 2. The lowest BCUT2D eigenvalue weighted by molar-refractivity contribution is -0.274. The van der Waals surface area contributed by atoms with Gasteiger partial charge in [-0.15, -0.1) is 13.2 Å². The maximum Gasteiger partial charge on any atom is 0.573 e. The second-order valence-electron chi connectivity index (χ2n) is 5.61. The van der Waals surface area contributed by atoms with E-state index in [2.05, 4.69) is 15.4 Å². The van der Waals surface area contributed by atoms with Gasteiger partial charge in [-0.05, 0) is 44.0 Å². The number of amides is 1. The van der Waals surface area contributed by atoms with E-state index in [1.165, 1.54) is 19.2 Å². The summed E-state index contributed by atoms with van der Waals surface area (Å²) in [6.07, 6.45) is -3.39. The van der Waals surface area contributed by atoms with Gasteiger partial charge in [-0.1, -0.05) is 18.2 Å². The molecule has 0 spiro atoms.